The lowest BCUT2D eigenvalue weighted by Gasteiger charge is -2.07. The molecule has 0 aromatic heterocycles. The van der Waals surface area contributed by atoms with Gasteiger partial charge in [-0.1, -0.05) is 22.6 Å². The topological polar surface area (TPSA) is 55.4 Å². The number of alkyl halides is 2. The van der Waals surface area contributed by atoms with Crippen molar-refractivity contribution in [3.63, 3.8) is 0 Å². The van der Waals surface area contributed by atoms with E-state index in [4.69, 9.17) is 28.4 Å². The molecule has 0 saturated heterocycles. The quantitative estimate of drug-likeness (QED) is 0.173. The van der Waals surface area contributed by atoms with Crippen molar-refractivity contribution >= 4 is 22.6 Å². The molecule has 0 spiro atoms. The fourth-order valence-corrected chi connectivity index (χ4v) is 1.62. The molecule has 0 aromatic carbocycles. The molecule has 0 aliphatic carbocycles. The highest BCUT2D eigenvalue weighted by Gasteiger charge is 1.93. The van der Waals surface area contributed by atoms with Crippen LogP contribution >= 0.6 is 22.6 Å². The van der Waals surface area contributed by atoms with Crippen LogP contribution < -0.4 is 0 Å². The van der Waals surface area contributed by atoms with Gasteiger partial charge in [-0.15, -0.1) is 0 Å². The summed E-state index contributed by atoms with van der Waals surface area (Å²) in [4.78, 5) is 0. The largest absolute Gasteiger partial charge is 0.378 e. The Morgan fingerprint density at radius 3 is 1.00 bits per heavy atom. The van der Waals surface area contributed by atoms with Gasteiger partial charge in [0.15, 0.2) is 0 Å². The number of halogens is 2. The van der Waals surface area contributed by atoms with Crippen LogP contribution in [-0.4, -0.2) is 90.4 Å². The van der Waals surface area contributed by atoms with E-state index in [1.54, 1.807) is 0 Å². The van der Waals surface area contributed by atoms with Gasteiger partial charge in [0.2, 0.25) is 0 Å². The van der Waals surface area contributed by atoms with Crippen molar-refractivity contribution < 1.29 is 32.8 Å². The van der Waals surface area contributed by atoms with Crippen LogP contribution in [0.5, 0.6) is 0 Å². The lowest BCUT2D eigenvalue weighted by atomic mass is 10.7. The van der Waals surface area contributed by atoms with Gasteiger partial charge in [0, 0.05) is 4.43 Å². The van der Waals surface area contributed by atoms with Crippen LogP contribution in [0.15, 0.2) is 0 Å². The van der Waals surface area contributed by atoms with Gasteiger partial charge in [-0.2, -0.15) is 0 Å². The van der Waals surface area contributed by atoms with Crippen molar-refractivity contribution in [2.75, 3.05) is 90.4 Å². The maximum Gasteiger partial charge on any atom is 0.113 e. The number of hydrogen-bond donors (Lipinski definition) is 0. The Morgan fingerprint density at radius 1 is 0.455 bits per heavy atom. The summed E-state index contributed by atoms with van der Waals surface area (Å²) in [5, 5.41) is 0. The first-order valence-corrected chi connectivity index (χ1v) is 9.02. The van der Waals surface area contributed by atoms with Crippen molar-refractivity contribution in [3.8, 4) is 0 Å². The van der Waals surface area contributed by atoms with E-state index in [0.717, 1.165) is 11.0 Å². The molecule has 0 aromatic rings. The van der Waals surface area contributed by atoms with Gasteiger partial charge in [-0.05, 0) is 0 Å². The minimum atomic E-state index is -0.458. The van der Waals surface area contributed by atoms with Gasteiger partial charge in [0.1, 0.15) is 6.67 Å². The number of rotatable bonds is 19. The zero-order chi connectivity index (χ0) is 16.1. The summed E-state index contributed by atoms with van der Waals surface area (Å²) in [7, 11) is 0. The van der Waals surface area contributed by atoms with Crippen LogP contribution in [0.3, 0.4) is 0 Å². The van der Waals surface area contributed by atoms with Crippen LogP contribution in [0.2, 0.25) is 0 Å². The van der Waals surface area contributed by atoms with Crippen LogP contribution in [0.25, 0.3) is 0 Å². The highest BCUT2D eigenvalue weighted by molar-refractivity contribution is 14.1. The molecule has 0 bridgehead atoms. The third kappa shape index (κ3) is 20.4. The molecule has 134 valence electrons. The van der Waals surface area contributed by atoms with Crippen LogP contribution in [0.1, 0.15) is 0 Å². The Labute approximate surface area is 146 Å². The molecule has 8 heteroatoms. The number of hydrogen-bond acceptors (Lipinski definition) is 6. The Balaban J connectivity index is 2.91. The highest BCUT2D eigenvalue weighted by atomic mass is 127. The molecular formula is C14H28FIO6. The molecule has 0 saturated carbocycles. The van der Waals surface area contributed by atoms with E-state index in [2.05, 4.69) is 22.6 Å². The molecule has 0 radical (unpaired) electrons. The maximum absolute atomic E-state index is 11.7. The first kappa shape index (κ1) is 22.4. The lowest BCUT2D eigenvalue weighted by molar-refractivity contribution is -0.0165. The molecule has 6 nitrogen and oxygen atoms in total. The summed E-state index contributed by atoms with van der Waals surface area (Å²) in [5.74, 6) is 0. The van der Waals surface area contributed by atoms with Gasteiger partial charge < -0.3 is 28.4 Å². The number of ether oxygens (including phenoxy) is 6. The normalized spacial score (nSPS) is 11.2. The van der Waals surface area contributed by atoms with E-state index in [-0.39, 0.29) is 6.61 Å². The molecule has 0 N–H and O–H groups in total. The smallest absolute Gasteiger partial charge is 0.113 e. The Morgan fingerprint density at radius 2 is 0.727 bits per heavy atom. The van der Waals surface area contributed by atoms with E-state index in [1.807, 2.05) is 0 Å². The summed E-state index contributed by atoms with van der Waals surface area (Å²) in [6.45, 7) is 5.74. The Bertz CT molecular complexity index is 182. The zero-order valence-corrected chi connectivity index (χ0v) is 15.3. The first-order valence-electron chi connectivity index (χ1n) is 7.50. The van der Waals surface area contributed by atoms with Crippen LogP contribution in [0, 0.1) is 0 Å². The lowest BCUT2D eigenvalue weighted by Crippen LogP contribution is -2.14. The standard InChI is InChI=1S/C14H28FIO6/c15-1-3-17-5-7-19-9-11-21-13-14-22-12-10-20-8-6-18-4-2-16/h1-14H2. The van der Waals surface area contributed by atoms with Gasteiger partial charge in [0.05, 0.1) is 79.3 Å². The first-order chi connectivity index (χ1) is 10.9. The van der Waals surface area contributed by atoms with Crippen molar-refractivity contribution in [1.29, 1.82) is 0 Å². The summed E-state index contributed by atoms with van der Waals surface area (Å²) in [6.07, 6.45) is 0. The van der Waals surface area contributed by atoms with Gasteiger partial charge in [-0.25, -0.2) is 4.39 Å². The summed E-state index contributed by atoms with van der Waals surface area (Å²) in [6, 6.07) is 0. The molecule has 0 amide bonds. The van der Waals surface area contributed by atoms with E-state index in [0.29, 0.717) is 66.1 Å². The van der Waals surface area contributed by atoms with E-state index in [9.17, 15) is 4.39 Å². The predicted octanol–water partition coefficient (Wildman–Crippen LogP) is 1.49. The minimum absolute atomic E-state index is 0.131. The molecule has 0 heterocycles. The molecule has 0 aliphatic heterocycles. The molecule has 0 atom stereocenters. The zero-order valence-electron chi connectivity index (χ0n) is 13.1. The highest BCUT2D eigenvalue weighted by Crippen LogP contribution is 1.86. The Hall–Kier alpha value is 0.420. The molecule has 0 unspecified atom stereocenters. The third-order valence-corrected chi connectivity index (χ3v) is 2.74. The van der Waals surface area contributed by atoms with Crippen molar-refractivity contribution in [3.05, 3.63) is 0 Å². The van der Waals surface area contributed by atoms with Crippen molar-refractivity contribution in [2.24, 2.45) is 0 Å². The molecule has 0 rings (SSSR count). The third-order valence-electron chi connectivity index (χ3n) is 2.30. The Kier molecular flexibility index (Phi) is 21.8. The molecular weight excluding hydrogens is 410 g/mol. The average Bonchev–Trinajstić information content (AvgIpc) is 2.54. The SMILES string of the molecule is FCCOCCOCCOCCOCCOCCOCCI. The maximum atomic E-state index is 11.7. The molecule has 22 heavy (non-hydrogen) atoms. The van der Waals surface area contributed by atoms with Crippen LogP contribution in [0.4, 0.5) is 4.39 Å². The van der Waals surface area contributed by atoms with Gasteiger partial charge >= 0.3 is 0 Å². The van der Waals surface area contributed by atoms with Crippen LogP contribution in [-0.2, 0) is 28.4 Å². The molecule has 0 aliphatic rings. The van der Waals surface area contributed by atoms with E-state index < -0.39 is 6.67 Å². The monoisotopic (exact) mass is 438 g/mol. The van der Waals surface area contributed by atoms with E-state index >= 15 is 0 Å². The fraction of sp³-hybridized carbons (Fsp3) is 1.00. The second-order valence-electron chi connectivity index (χ2n) is 4.05. The van der Waals surface area contributed by atoms with Crippen molar-refractivity contribution in [2.45, 2.75) is 0 Å². The predicted molar refractivity (Wildman–Crippen MR) is 89.8 cm³/mol. The van der Waals surface area contributed by atoms with Crippen molar-refractivity contribution in [1.82, 2.24) is 0 Å². The minimum Gasteiger partial charge on any atom is -0.378 e. The summed E-state index contributed by atoms with van der Waals surface area (Å²) in [5.41, 5.74) is 0. The summed E-state index contributed by atoms with van der Waals surface area (Å²) < 4.78 is 44.1. The molecule has 0 fully saturated rings. The van der Waals surface area contributed by atoms with Gasteiger partial charge in [-0.3, -0.25) is 0 Å². The van der Waals surface area contributed by atoms with Gasteiger partial charge in [0.25, 0.3) is 0 Å². The average molecular weight is 438 g/mol. The second-order valence-corrected chi connectivity index (χ2v) is 5.13. The second kappa shape index (κ2) is 21.4. The van der Waals surface area contributed by atoms with E-state index in [1.165, 1.54) is 0 Å². The summed E-state index contributed by atoms with van der Waals surface area (Å²) >= 11 is 2.27. The fourth-order valence-electron chi connectivity index (χ4n) is 1.31.